The zero-order chi connectivity index (χ0) is 8.27. The first-order valence-corrected chi connectivity index (χ1v) is 3.39. The van der Waals surface area contributed by atoms with Crippen LogP contribution >= 0.6 is 24.0 Å². The van der Waals surface area contributed by atoms with E-state index in [9.17, 15) is 4.79 Å². The highest BCUT2D eigenvalue weighted by Gasteiger charge is 2.21. The molecule has 1 heterocycles. The lowest BCUT2D eigenvalue weighted by Gasteiger charge is -2.02. The van der Waals surface area contributed by atoms with Crippen molar-refractivity contribution in [2.24, 2.45) is 10.7 Å². The molecule has 0 aromatic heterocycles. The molecule has 1 aliphatic rings. The molecule has 1 fully saturated rings. The number of ether oxygens (including phenoxy) is 1. The Balaban J connectivity index is 0.00000121. The van der Waals surface area contributed by atoms with Crippen molar-refractivity contribution in [3.63, 3.8) is 0 Å². The molecule has 5 nitrogen and oxygen atoms in total. The summed E-state index contributed by atoms with van der Waals surface area (Å²) in [6, 6.07) is 0. The number of amidine groups is 1. The highest BCUT2D eigenvalue weighted by Crippen LogP contribution is 1.99. The molecular formula is C6H12IN3O2. The number of cyclic esters (lactones) is 1. The number of carbonyl (C=O) groups is 1. The molecule has 1 atom stereocenters. The third kappa shape index (κ3) is 3.74. The number of nitrogens with zero attached hydrogens (tertiary/aromatic N) is 1. The van der Waals surface area contributed by atoms with E-state index in [0.29, 0.717) is 18.9 Å². The average Bonchev–Trinajstić information content (AvgIpc) is 2.31. The van der Waals surface area contributed by atoms with Gasteiger partial charge in [-0.25, -0.2) is 4.79 Å². The molecule has 0 aliphatic carbocycles. The number of aliphatic imine (C=N–C) groups is 1. The monoisotopic (exact) mass is 285 g/mol. The van der Waals surface area contributed by atoms with Crippen molar-refractivity contribution in [2.45, 2.75) is 13.0 Å². The van der Waals surface area contributed by atoms with E-state index in [4.69, 9.17) is 10.5 Å². The molecule has 1 aliphatic heterocycles. The average molecular weight is 285 g/mol. The molecule has 1 unspecified atom stereocenters. The number of alkyl carbamates (subject to hydrolysis) is 1. The zero-order valence-corrected chi connectivity index (χ0v) is 9.07. The Kier molecular flexibility index (Phi) is 4.95. The van der Waals surface area contributed by atoms with Crippen LogP contribution in [-0.4, -0.2) is 31.1 Å². The lowest BCUT2D eigenvalue weighted by Crippen LogP contribution is -2.19. The second kappa shape index (κ2) is 5.18. The normalized spacial score (nSPS) is 22.6. The second-order valence-corrected chi connectivity index (χ2v) is 2.39. The van der Waals surface area contributed by atoms with Crippen LogP contribution in [0.2, 0.25) is 0 Å². The summed E-state index contributed by atoms with van der Waals surface area (Å²) >= 11 is 0. The standard InChI is InChI=1S/C6H11N3O2.HI/c1-4(7)8-2-5-3-9-6(10)11-5;/h5H,2-3H2,1H3,(H2,7,8)(H,9,10);1H. The van der Waals surface area contributed by atoms with Crippen molar-refractivity contribution in [3.05, 3.63) is 0 Å². The molecule has 0 saturated carbocycles. The third-order valence-electron chi connectivity index (χ3n) is 1.29. The number of hydrogen-bond donors (Lipinski definition) is 2. The van der Waals surface area contributed by atoms with Crippen LogP contribution in [0, 0.1) is 0 Å². The molecule has 1 rings (SSSR count). The first-order valence-electron chi connectivity index (χ1n) is 3.39. The minimum Gasteiger partial charge on any atom is -0.442 e. The molecule has 0 radical (unpaired) electrons. The van der Waals surface area contributed by atoms with Crippen LogP contribution in [0.15, 0.2) is 4.99 Å². The van der Waals surface area contributed by atoms with E-state index in [0.717, 1.165) is 0 Å². The topological polar surface area (TPSA) is 76.7 Å². The van der Waals surface area contributed by atoms with Crippen molar-refractivity contribution < 1.29 is 9.53 Å². The van der Waals surface area contributed by atoms with Gasteiger partial charge < -0.3 is 15.8 Å². The molecule has 0 aromatic rings. The summed E-state index contributed by atoms with van der Waals surface area (Å²) in [6.07, 6.45) is -0.527. The largest absolute Gasteiger partial charge is 0.442 e. The van der Waals surface area contributed by atoms with Crippen LogP contribution in [0.3, 0.4) is 0 Å². The van der Waals surface area contributed by atoms with Gasteiger partial charge in [-0.3, -0.25) is 4.99 Å². The summed E-state index contributed by atoms with van der Waals surface area (Å²) < 4.78 is 4.80. The molecular weight excluding hydrogens is 273 g/mol. The highest BCUT2D eigenvalue weighted by molar-refractivity contribution is 14.0. The summed E-state index contributed by atoms with van der Waals surface area (Å²) in [4.78, 5) is 14.4. The maximum Gasteiger partial charge on any atom is 0.407 e. The van der Waals surface area contributed by atoms with Crippen LogP contribution in [-0.2, 0) is 4.74 Å². The fourth-order valence-corrected chi connectivity index (χ4v) is 0.780. The van der Waals surface area contributed by atoms with Gasteiger partial charge in [-0.05, 0) is 6.92 Å². The van der Waals surface area contributed by atoms with Gasteiger partial charge in [0, 0.05) is 0 Å². The van der Waals surface area contributed by atoms with Crippen molar-refractivity contribution in [1.82, 2.24) is 5.32 Å². The van der Waals surface area contributed by atoms with Crippen molar-refractivity contribution in [3.8, 4) is 0 Å². The summed E-state index contributed by atoms with van der Waals surface area (Å²) in [7, 11) is 0. The quantitative estimate of drug-likeness (QED) is 0.429. The fraction of sp³-hybridized carbons (Fsp3) is 0.667. The Labute approximate surface area is 87.8 Å². The minimum absolute atomic E-state index is 0. The van der Waals surface area contributed by atoms with E-state index in [2.05, 4.69) is 10.3 Å². The van der Waals surface area contributed by atoms with Crippen LogP contribution in [0.4, 0.5) is 4.79 Å². The molecule has 3 N–H and O–H groups in total. The van der Waals surface area contributed by atoms with Crippen LogP contribution in [0.1, 0.15) is 6.92 Å². The molecule has 6 heteroatoms. The van der Waals surface area contributed by atoms with Crippen LogP contribution in [0.5, 0.6) is 0 Å². The highest BCUT2D eigenvalue weighted by atomic mass is 127. The summed E-state index contributed by atoms with van der Waals surface area (Å²) in [5.74, 6) is 0.507. The Morgan fingerprint density at radius 2 is 2.58 bits per heavy atom. The van der Waals surface area contributed by atoms with E-state index >= 15 is 0 Å². The number of rotatable bonds is 2. The Morgan fingerprint density at radius 3 is 3.00 bits per heavy atom. The summed E-state index contributed by atoms with van der Waals surface area (Å²) in [5.41, 5.74) is 5.29. The molecule has 70 valence electrons. The molecule has 0 spiro atoms. The lowest BCUT2D eigenvalue weighted by atomic mass is 10.4. The van der Waals surface area contributed by atoms with Gasteiger partial charge in [0.2, 0.25) is 0 Å². The van der Waals surface area contributed by atoms with Gasteiger partial charge in [-0.15, -0.1) is 24.0 Å². The lowest BCUT2D eigenvalue weighted by molar-refractivity contribution is 0.144. The Bertz CT molecular complexity index is 191. The van der Waals surface area contributed by atoms with Crippen molar-refractivity contribution in [1.29, 1.82) is 0 Å². The second-order valence-electron chi connectivity index (χ2n) is 2.39. The van der Waals surface area contributed by atoms with E-state index in [-0.39, 0.29) is 36.2 Å². The molecule has 1 amide bonds. The van der Waals surface area contributed by atoms with Crippen molar-refractivity contribution in [2.75, 3.05) is 13.1 Å². The van der Waals surface area contributed by atoms with Crippen molar-refractivity contribution >= 4 is 35.9 Å². The van der Waals surface area contributed by atoms with Gasteiger partial charge in [0.25, 0.3) is 0 Å². The first kappa shape index (κ1) is 11.5. The van der Waals surface area contributed by atoms with E-state index in [1.165, 1.54) is 0 Å². The maximum atomic E-state index is 10.5. The van der Waals surface area contributed by atoms with Crippen LogP contribution < -0.4 is 11.1 Å². The van der Waals surface area contributed by atoms with E-state index in [1.54, 1.807) is 6.92 Å². The molecule has 1 saturated heterocycles. The van der Waals surface area contributed by atoms with Gasteiger partial charge in [-0.2, -0.15) is 0 Å². The van der Waals surface area contributed by atoms with Gasteiger partial charge in [0.05, 0.1) is 18.9 Å². The number of nitrogens with two attached hydrogens (primary N) is 1. The Hall–Kier alpha value is -0.530. The number of carbonyl (C=O) groups excluding carboxylic acids is 1. The minimum atomic E-state index is -0.375. The predicted octanol–water partition coefficient (Wildman–Crippen LogP) is 0.0899. The van der Waals surface area contributed by atoms with Crippen LogP contribution in [0.25, 0.3) is 0 Å². The van der Waals surface area contributed by atoms with E-state index < -0.39 is 0 Å². The maximum absolute atomic E-state index is 10.5. The molecule has 12 heavy (non-hydrogen) atoms. The number of hydrogen-bond acceptors (Lipinski definition) is 3. The number of amides is 1. The molecule has 0 aromatic carbocycles. The summed E-state index contributed by atoms with van der Waals surface area (Å²) in [6.45, 7) is 2.67. The summed E-state index contributed by atoms with van der Waals surface area (Å²) in [5, 5.41) is 2.52. The van der Waals surface area contributed by atoms with E-state index in [1.807, 2.05) is 0 Å². The number of nitrogens with one attached hydrogen (secondary N) is 1. The third-order valence-corrected chi connectivity index (χ3v) is 1.29. The number of halogens is 1. The fourth-order valence-electron chi connectivity index (χ4n) is 0.780. The molecule has 0 bridgehead atoms. The van der Waals surface area contributed by atoms with Gasteiger partial charge in [-0.1, -0.05) is 0 Å². The van der Waals surface area contributed by atoms with Gasteiger partial charge >= 0.3 is 6.09 Å². The zero-order valence-electron chi connectivity index (χ0n) is 6.74. The Morgan fingerprint density at radius 1 is 1.92 bits per heavy atom. The van der Waals surface area contributed by atoms with Gasteiger partial charge in [0.1, 0.15) is 6.10 Å². The first-order chi connectivity index (χ1) is 5.18. The SMILES string of the molecule is CC(N)=NCC1CNC(=O)O1.I. The van der Waals surface area contributed by atoms with Gasteiger partial charge in [0.15, 0.2) is 0 Å². The predicted molar refractivity (Wildman–Crippen MR) is 55.9 cm³/mol. The smallest absolute Gasteiger partial charge is 0.407 e.